The molecule has 0 aliphatic heterocycles. The third-order valence-corrected chi connectivity index (χ3v) is 4.01. The Balaban J connectivity index is 1.69. The first kappa shape index (κ1) is 16.3. The van der Waals surface area contributed by atoms with Crippen molar-refractivity contribution < 1.29 is 4.74 Å². The Bertz CT molecular complexity index is 404. The van der Waals surface area contributed by atoms with Crippen LogP contribution in [0.15, 0.2) is 24.3 Å². The molecule has 1 fully saturated rings. The van der Waals surface area contributed by atoms with Crippen LogP contribution in [0.1, 0.15) is 44.6 Å². The molecule has 1 N–H and O–H groups in total. The van der Waals surface area contributed by atoms with Crippen molar-refractivity contribution in [1.82, 2.24) is 10.2 Å². The van der Waals surface area contributed by atoms with Gasteiger partial charge in [-0.25, -0.2) is 0 Å². The third-order valence-electron chi connectivity index (χ3n) is 4.01. The highest BCUT2D eigenvalue weighted by Gasteiger charge is 2.20. The molecule has 0 bridgehead atoms. The van der Waals surface area contributed by atoms with E-state index in [-0.39, 0.29) is 0 Å². The Labute approximate surface area is 129 Å². The maximum atomic E-state index is 5.99. The Morgan fingerprint density at radius 3 is 2.76 bits per heavy atom. The van der Waals surface area contributed by atoms with Crippen LogP contribution in [-0.2, 0) is 6.54 Å². The third kappa shape index (κ3) is 6.49. The van der Waals surface area contributed by atoms with Crippen molar-refractivity contribution in [2.24, 2.45) is 0 Å². The molecule has 0 atom stereocenters. The average Bonchev–Trinajstić information content (AvgIpc) is 3.31. The molecule has 0 heterocycles. The molecule has 2 rings (SSSR count). The van der Waals surface area contributed by atoms with Crippen molar-refractivity contribution >= 4 is 0 Å². The monoisotopic (exact) mass is 290 g/mol. The lowest BCUT2D eigenvalue weighted by Gasteiger charge is -2.18. The average molecular weight is 290 g/mol. The second-order valence-electron chi connectivity index (χ2n) is 6.12. The number of nitrogens with one attached hydrogen (secondary N) is 1. The van der Waals surface area contributed by atoms with E-state index in [1.807, 2.05) is 0 Å². The zero-order valence-corrected chi connectivity index (χ0v) is 13.6. The topological polar surface area (TPSA) is 24.5 Å². The normalized spacial score (nSPS) is 14.6. The predicted molar refractivity (Wildman–Crippen MR) is 88.8 cm³/mol. The fourth-order valence-corrected chi connectivity index (χ4v) is 2.39. The van der Waals surface area contributed by atoms with Gasteiger partial charge < -0.3 is 15.0 Å². The molecule has 1 aliphatic carbocycles. The highest BCUT2D eigenvalue weighted by molar-refractivity contribution is 5.33. The highest BCUT2D eigenvalue weighted by atomic mass is 16.5. The molecule has 0 amide bonds. The van der Waals surface area contributed by atoms with E-state index < -0.39 is 0 Å². The molecular weight excluding hydrogens is 260 g/mol. The van der Waals surface area contributed by atoms with E-state index in [0.29, 0.717) is 0 Å². The van der Waals surface area contributed by atoms with E-state index in [9.17, 15) is 0 Å². The number of ether oxygens (including phenoxy) is 1. The molecule has 3 nitrogen and oxygen atoms in total. The number of para-hydroxylation sites is 1. The Kier molecular flexibility index (Phi) is 7.04. The van der Waals surface area contributed by atoms with Crippen LogP contribution in [0.3, 0.4) is 0 Å². The van der Waals surface area contributed by atoms with Crippen LogP contribution in [0.5, 0.6) is 5.75 Å². The molecule has 1 aliphatic rings. The summed E-state index contributed by atoms with van der Waals surface area (Å²) in [7, 11) is 2.18. The summed E-state index contributed by atoms with van der Waals surface area (Å²) in [4.78, 5) is 2.36. The summed E-state index contributed by atoms with van der Waals surface area (Å²) in [5.41, 5.74) is 1.28. The number of hydrogen-bond donors (Lipinski definition) is 1. The van der Waals surface area contributed by atoms with Gasteiger partial charge in [0.15, 0.2) is 0 Å². The lowest BCUT2D eigenvalue weighted by Crippen LogP contribution is -2.25. The summed E-state index contributed by atoms with van der Waals surface area (Å²) in [5.74, 6) is 1.03. The van der Waals surface area contributed by atoms with Crippen molar-refractivity contribution in [2.45, 2.75) is 51.6 Å². The maximum absolute atomic E-state index is 5.99. The SMILES string of the molecule is CCCCCN(C)CCOc1ccccc1CNC1CC1. The minimum absolute atomic E-state index is 0.739. The van der Waals surface area contributed by atoms with Crippen molar-refractivity contribution in [2.75, 3.05) is 26.7 Å². The molecule has 0 spiro atoms. The fraction of sp³-hybridized carbons (Fsp3) is 0.667. The molecule has 0 radical (unpaired) electrons. The van der Waals surface area contributed by atoms with Gasteiger partial charge in [-0.1, -0.05) is 38.0 Å². The second kappa shape index (κ2) is 9.06. The van der Waals surface area contributed by atoms with Gasteiger partial charge in [0.05, 0.1) is 0 Å². The predicted octanol–water partition coefficient (Wildman–Crippen LogP) is 3.44. The number of likely N-dealkylation sites (N-methyl/N-ethyl adjacent to an activating group) is 1. The molecule has 1 aromatic carbocycles. The van der Waals surface area contributed by atoms with Crippen molar-refractivity contribution in [1.29, 1.82) is 0 Å². The van der Waals surface area contributed by atoms with Crippen LogP contribution >= 0.6 is 0 Å². The summed E-state index contributed by atoms with van der Waals surface area (Å²) in [5, 5.41) is 3.56. The molecule has 1 saturated carbocycles. The van der Waals surface area contributed by atoms with Crippen LogP contribution in [0.25, 0.3) is 0 Å². The van der Waals surface area contributed by atoms with Gasteiger partial charge in [-0.3, -0.25) is 0 Å². The van der Waals surface area contributed by atoms with E-state index in [4.69, 9.17) is 4.74 Å². The van der Waals surface area contributed by atoms with Crippen LogP contribution in [0.4, 0.5) is 0 Å². The fourth-order valence-electron chi connectivity index (χ4n) is 2.39. The van der Waals surface area contributed by atoms with E-state index >= 15 is 0 Å². The standard InChI is InChI=1S/C18H30N2O/c1-3-4-7-12-20(2)13-14-21-18-9-6-5-8-16(18)15-19-17-10-11-17/h5-6,8-9,17,19H,3-4,7,10-15H2,1-2H3. The number of unbranched alkanes of at least 4 members (excludes halogenated alkanes) is 2. The van der Waals surface area contributed by atoms with Crippen LogP contribution in [0, 0.1) is 0 Å². The Morgan fingerprint density at radius 1 is 1.19 bits per heavy atom. The van der Waals surface area contributed by atoms with Crippen molar-refractivity contribution in [3.05, 3.63) is 29.8 Å². The van der Waals surface area contributed by atoms with E-state index in [2.05, 4.69) is 48.5 Å². The molecule has 3 heteroatoms. The van der Waals surface area contributed by atoms with Gasteiger partial charge >= 0.3 is 0 Å². The van der Waals surface area contributed by atoms with Gasteiger partial charge in [0.2, 0.25) is 0 Å². The van der Waals surface area contributed by atoms with Gasteiger partial charge in [0.1, 0.15) is 12.4 Å². The first-order valence-corrected chi connectivity index (χ1v) is 8.42. The number of benzene rings is 1. The number of rotatable bonds is 11. The van der Waals surface area contributed by atoms with Crippen LogP contribution < -0.4 is 10.1 Å². The van der Waals surface area contributed by atoms with Crippen molar-refractivity contribution in [3.8, 4) is 5.75 Å². The zero-order chi connectivity index (χ0) is 14.9. The summed E-state index contributed by atoms with van der Waals surface area (Å²) in [6.45, 7) is 6.10. The second-order valence-corrected chi connectivity index (χ2v) is 6.12. The van der Waals surface area contributed by atoms with E-state index in [0.717, 1.165) is 31.5 Å². The van der Waals surface area contributed by atoms with Crippen molar-refractivity contribution in [3.63, 3.8) is 0 Å². The minimum Gasteiger partial charge on any atom is -0.492 e. The van der Waals surface area contributed by atoms with E-state index in [1.54, 1.807) is 0 Å². The molecule has 21 heavy (non-hydrogen) atoms. The molecular formula is C18H30N2O. The summed E-state index contributed by atoms with van der Waals surface area (Å²) in [6.07, 6.45) is 6.54. The maximum Gasteiger partial charge on any atom is 0.123 e. The lowest BCUT2D eigenvalue weighted by atomic mass is 10.2. The lowest BCUT2D eigenvalue weighted by molar-refractivity contribution is 0.233. The molecule has 0 unspecified atom stereocenters. The first-order chi connectivity index (χ1) is 10.3. The van der Waals surface area contributed by atoms with Gasteiger partial charge in [-0.15, -0.1) is 0 Å². The Morgan fingerprint density at radius 2 is 2.00 bits per heavy atom. The highest BCUT2D eigenvalue weighted by Crippen LogP contribution is 2.22. The van der Waals surface area contributed by atoms with E-state index in [1.165, 1.54) is 44.2 Å². The molecule has 0 aromatic heterocycles. The smallest absolute Gasteiger partial charge is 0.123 e. The molecule has 1 aromatic rings. The summed E-state index contributed by atoms with van der Waals surface area (Å²) < 4.78 is 5.99. The quantitative estimate of drug-likeness (QED) is 0.632. The largest absolute Gasteiger partial charge is 0.492 e. The van der Waals surface area contributed by atoms with Gasteiger partial charge in [-0.05, 0) is 38.9 Å². The zero-order valence-electron chi connectivity index (χ0n) is 13.6. The molecule has 0 saturated heterocycles. The Hall–Kier alpha value is -1.06. The van der Waals surface area contributed by atoms with Gasteiger partial charge in [-0.2, -0.15) is 0 Å². The van der Waals surface area contributed by atoms with Gasteiger partial charge in [0.25, 0.3) is 0 Å². The van der Waals surface area contributed by atoms with Crippen LogP contribution in [-0.4, -0.2) is 37.7 Å². The minimum atomic E-state index is 0.739. The number of nitrogens with zero attached hydrogens (tertiary/aromatic N) is 1. The van der Waals surface area contributed by atoms with Crippen LogP contribution in [0.2, 0.25) is 0 Å². The summed E-state index contributed by atoms with van der Waals surface area (Å²) in [6, 6.07) is 9.13. The molecule has 118 valence electrons. The number of hydrogen-bond acceptors (Lipinski definition) is 3. The van der Waals surface area contributed by atoms with Gasteiger partial charge in [0, 0.05) is 24.7 Å². The summed E-state index contributed by atoms with van der Waals surface area (Å²) >= 11 is 0. The first-order valence-electron chi connectivity index (χ1n) is 8.42.